The van der Waals surface area contributed by atoms with E-state index >= 15 is 0 Å². The zero-order valence-corrected chi connectivity index (χ0v) is 14.4. The third kappa shape index (κ3) is 3.08. The van der Waals surface area contributed by atoms with Gasteiger partial charge in [-0.15, -0.1) is 6.42 Å². The van der Waals surface area contributed by atoms with Crippen LogP contribution in [0, 0.1) is 12.3 Å². The van der Waals surface area contributed by atoms with Crippen molar-refractivity contribution in [2.45, 2.75) is 31.0 Å². The molecule has 0 saturated carbocycles. The number of fused-ring (bicyclic) bond motifs is 1. The van der Waals surface area contributed by atoms with Crippen LogP contribution in [0.4, 0.5) is 5.82 Å². The summed E-state index contributed by atoms with van der Waals surface area (Å²) in [6.45, 7) is 0.683. The van der Waals surface area contributed by atoms with Gasteiger partial charge in [-0.3, -0.25) is 4.52 Å². The van der Waals surface area contributed by atoms with E-state index in [1.165, 1.54) is 24.0 Å². The predicted molar refractivity (Wildman–Crippen MR) is 88.4 cm³/mol. The number of phosphoric acid groups is 1. The molecule has 140 valence electrons. The Bertz CT molecular complexity index is 931. The number of aromatic nitrogens is 3. The summed E-state index contributed by atoms with van der Waals surface area (Å²) < 4.78 is 22.2. The molecular formula is C14H17N4O7P. The van der Waals surface area contributed by atoms with E-state index < -0.39 is 38.5 Å². The third-order valence-electron chi connectivity index (χ3n) is 4.21. The first-order chi connectivity index (χ1) is 12.1. The van der Waals surface area contributed by atoms with Crippen molar-refractivity contribution in [2.24, 2.45) is 0 Å². The number of nitrogens with two attached hydrogens (primary N) is 1. The number of phosphoric ester groups is 1. The molecule has 12 heteroatoms. The summed E-state index contributed by atoms with van der Waals surface area (Å²) in [5.74, 6) is 2.58. The Kier molecular flexibility index (Phi) is 4.54. The van der Waals surface area contributed by atoms with Crippen LogP contribution in [0.1, 0.15) is 18.7 Å². The molecular weight excluding hydrogens is 367 g/mol. The van der Waals surface area contributed by atoms with Gasteiger partial charge in [0.1, 0.15) is 35.6 Å². The van der Waals surface area contributed by atoms with Crippen LogP contribution in [0.5, 0.6) is 0 Å². The molecule has 2 aromatic heterocycles. The molecule has 0 unspecified atom stereocenters. The number of rotatable bonds is 4. The molecule has 0 spiro atoms. The monoisotopic (exact) mass is 384 g/mol. The molecule has 1 aliphatic heterocycles. The number of nitrogen functional groups attached to an aromatic ring is 1. The van der Waals surface area contributed by atoms with Gasteiger partial charge in [-0.25, -0.2) is 14.5 Å². The third-order valence-corrected chi connectivity index (χ3v) is 4.69. The number of terminal acetylenes is 1. The zero-order chi connectivity index (χ0) is 19.3. The van der Waals surface area contributed by atoms with E-state index in [9.17, 15) is 14.8 Å². The highest BCUT2D eigenvalue weighted by Crippen LogP contribution is 2.43. The van der Waals surface area contributed by atoms with Gasteiger partial charge in [0.2, 0.25) is 0 Å². The first-order valence-electron chi connectivity index (χ1n) is 7.40. The highest BCUT2D eigenvalue weighted by molar-refractivity contribution is 7.46. The fourth-order valence-corrected chi connectivity index (χ4v) is 3.29. The van der Waals surface area contributed by atoms with E-state index in [-0.39, 0.29) is 11.5 Å². The number of aliphatic hydroxyl groups is 2. The summed E-state index contributed by atoms with van der Waals surface area (Å²) >= 11 is 0. The minimum atomic E-state index is -4.77. The van der Waals surface area contributed by atoms with Gasteiger partial charge in [0.15, 0.2) is 6.23 Å². The molecule has 0 radical (unpaired) electrons. The van der Waals surface area contributed by atoms with Gasteiger partial charge in [0.25, 0.3) is 0 Å². The van der Waals surface area contributed by atoms with Gasteiger partial charge in [-0.05, 0) is 6.92 Å². The standard InChI is InChI=1S/C14H17N4O7P/c1-3-7-4-18(12-9(7)11(15)16-6-17-12)13-14(2,20)10(19)8(25-13)5-24-26(21,22)23/h1,4,6,8,10,13,19-20H,5H2,2H3,(H2,15,16,17)(H2,21,22,23)/t8-,10-,13+,14-/m1/s1. The predicted octanol–water partition coefficient (Wildman–Crippen LogP) is -0.887. The maximum atomic E-state index is 10.9. The molecule has 0 aliphatic carbocycles. The second kappa shape index (κ2) is 6.29. The first kappa shape index (κ1) is 18.8. The number of aliphatic hydroxyl groups excluding tert-OH is 1. The summed E-state index contributed by atoms with van der Waals surface area (Å²) in [6, 6.07) is 0. The fourth-order valence-electron chi connectivity index (χ4n) is 2.94. The summed E-state index contributed by atoms with van der Waals surface area (Å²) in [4.78, 5) is 25.6. The van der Waals surface area contributed by atoms with Crippen molar-refractivity contribution >= 4 is 24.7 Å². The van der Waals surface area contributed by atoms with Gasteiger partial charge in [-0.1, -0.05) is 5.92 Å². The lowest BCUT2D eigenvalue weighted by Crippen LogP contribution is -2.44. The van der Waals surface area contributed by atoms with Crippen molar-refractivity contribution in [1.29, 1.82) is 0 Å². The molecule has 0 bridgehead atoms. The summed E-state index contributed by atoms with van der Waals surface area (Å²) in [5, 5.41) is 21.4. The highest BCUT2D eigenvalue weighted by atomic mass is 31.2. The van der Waals surface area contributed by atoms with E-state index in [0.717, 1.165) is 0 Å². The van der Waals surface area contributed by atoms with Gasteiger partial charge in [-0.2, -0.15) is 0 Å². The Morgan fingerprint density at radius 2 is 2.23 bits per heavy atom. The van der Waals surface area contributed by atoms with Crippen LogP contribution in [-0.4, -0.2) is 59.0 Å². The van der Waals surface area contributed by atoms with Crippen LogP contribution in [0.15, 0.2) is 12.5 Å². The van der Waals surface area contributed by atoms with Crippen molar-refractivity contribution in [2.75, 3.05) is 12.3 Å². The normalized spacial score (nSPS) is 29.2. The number of hydrogen-bond donors (Lipinski definition) is 5. The van der Waals surface area contributed by atoms with E-state index in [0.29, 0.717) is 10.9 Å². The van der Waals surface area contributed by atoms with Crippen LogP contribution < -0.4 is 5.73 Å². The van der Waals surface area contributed by atoms with Crippen LogP contribution in [-0.2, 0) is 13.8 Å². The molecule has 26 heavy (non-hydrogen) atoms. The highest BCUT2D eigenvalue weighted by Gasteiger charge is 2.54. The molecule has 11 nitrogen and oxygen atoms in total. The van der Waals surface area contributed by atoms with E-state index in [2.05, 4.69) is 20.4 Å². The van der Waals surface area contributed by atoms with E-state index in [1.54, 1.807) is 0 Å². The topological polar surface area (TPSA) is 173 Å². The second-order valence-corrected chi connectivity index (χ2v) is 7.28. The lowest BCUT2D eigenvalue weighted by Gasteiger charge is -2.27. The summed E-state index contributed by atoms with van der Waals surface area (Å²) in [5.41, 5.74) is 4.65. The Morgan fingerprint density at radius 3 is 2.85 bits per heavy atom. The number of ether oxygens (including phenoxy) is 1. The van der Waals surface area contributed by atoms with E-state index in [1.807, 2.05) is 0 Å². The number of nitrogens with zero attached hydrogens (tertiary/aromatic N) is 3. The van der Waals surface area contributed by atoms with Crippen LogP contribution >= 0.6 is 7.82 Å². The summed E-state index contributed by atoms with van der Waals surface area (Å²) in [7, 11) is -4.77. The first-order valence-corrected chi connectivity index (χ1v) is 8.93. The van der Waals surface area contributed by atoms with Crippen molar-refractivity contribution in [1.82, 2.24) is 14.5 Å². The van der Waals surface area contributed by atoms with Gasteiger partial charge in [0, 0.05) is 6.20 Å². The number of hydrogen-bond acceptors (Lipinski definition) is 8. The maximum Gasteiger partial charge on any atom is 0.469 e. The van der Waals surface area contributed by atoms with Crippen LogP contribution in [0.25, 0.3) is 11.0 Å². The van der Waals surface area contributed by atoms with Crippen molar-refractivity contribution in [3.63, 3.8) is 0 Å². The lowest BCUT2D eigenvalue weighted by atomic mass is 9.96. The Hall–Kier alpha value is -2.03. The lowest BCUT2D eigenvalue weighted by molar-refractivity contribution is -0.0947. The minimum Gasteiger partial charge on any atom is -0.387 e. The maximum absolute atomic E-state index is 10.9. The van der Waals surface area contributed by atoms with Crippen LogP contribution in [0.2, 0.25) is 0 Å². The second-order valence-electron chi connectivity index (χ2n) is 6.04. The molecule has 1 saturated heterocycles. The zero-order valence-electron chi connectivity index (χ0n) is 13.6. The molecule has 4 atom stereocenters. The Labute approximate surface area is 147 Å². The van der Waals surface area contributed by atoms with Crippen molar-refractivity contribution in [3.05, 3.63) is 18.1 Å². The molecule has 2 aromatic rings. The smallest absolute Gasteiger partial charge is 0.387 e. The molecule has 3 heterocycles. The van der Waals surface area contributed by atoms with Gasteiger partial charge < -0.3 is 35.0 Å². The Balaban J connectivity index is 2.02. The SMILES string of the molecule is C#Cc1cn([C@H]2O[C@H](COP(=O)(O)O)[C@@H](O)[C@@]2(C)O)c2ncnc(N)c12. The van der Waals surface area contributed by atoms with Crippen LogP contribution in [0.3, 0.4) is 0 Å². The number of anilines is 1. The molecule has 0 amide bonds. The molecule has 1 aliphatic rings. The molecule has 0 aromatic carbocycles. The molecule has 3 rings (SSSR count). The van der Waals surface area contributed by atoms with Gasteiger partial charge >= 0.3 is 7.82 Å². The largest absolute Gasteiger partial charge is 0.469 e. The quantitative estimate of drug-likeness (QED) is 0.329. The Morgan fingerprint density at radius 1 is 1.54 bits per heavy atom. The molecule has 1 fully saturated rings. The van der Waals surface area contributed by atoms with Crippen molar-refractivity contribution in [3.8, 4) is 12.3 Å². The average Bonchev–Trinajstić information content (AvgIpc) is 3.02. The fraction of sp³-hybridized carbons (Fsp3) is 0.429. The summed E-state index contributed by atoms with van der Waals surface area (Å²) in [6.07, 6.45) is 4.30. The minimum absolute atomic E-state index is 0.140. The average molecular weight is 384 g/mol. The van der Waals surface area contributed by atoms with E-state index in [4.69, 9.17) is 26.7 Å². The van der Waals surface area contributed by atoms with Crippen molar-refractivity contribution < 1.29 is 33.8 Å². The van der Waals surface area contributed by atoms with Gasteiger partial charge in [0.05, 0.1) is 17.6 Å². The molecule has 6 N–H and O–H groups in total.